The van der Waals surface area contributed by atoms with E-state index in [-0.39, 0.29) is 6.42 Å². The predicted octanol–water partition coefficient (Wildman–Crippen LogP) is 11.6. The minimum absolute atomic E-state index is 0.127. The van der Waals surface area contributed by atoms with Crippen LogP contribution in [0.25, 0.3) is 0 Å². The largest absolute Gasteiger partial charge is 0.393 e. The molecule has 0 fully saturated rings. The minimum Gasteiger partial charge on any atom is -0.393 e. The number of benzene rings is 1. The summed E-state index contributed by atoms with van der Waals surface area (Å²) in [5.74, 6) is 1.02. The Bertz CT molecular complexity index is 1100. The van der Waals surface area contributed by atoms with Gasteiger partial charge in [0.25, 0.3) is 5.08 Å². The molecule has 0 atom stereocenters. The molecule has 0 amide bonds. The van der Waals surface area contributed by atoms with Crippen LogP contribution in [-0.2, 0) is 36.8 Å². The summed E-state index contributed by atoms with van der Waals surface area (Å²) in [7, 11) is -21.5. The Labute approximate surface area is 296 Å². The second-order valence-corrected chi connectivity index (χ2v) is 45.4. The van der Waals surface area contributed by atoms with Gasteiger partial charge in [0, 0.05) is 30.5 Å². The van der Waals surface area contributed by atoms with Crippen molar-refractivity contribution in [1.29, 1.82) is 0 Å². The molecule has 0 radical (unpaired) electrons. The van der Waals surface area contributed by atoms with Crippen LogP contribution in [0.2, 0.25) is 98.2 Å². The van der Waals surface area contributed by atoms with E-state index < -0.39 is 61.9 Å². The molecule has 0 aliphatic carbocycles. The van der Waals surface area contributed by atoms with Crippen molar-refractivity contribution in [3.63, 3.8) is 0 Å². The molecule has 0 bridgehead atoms. The van der Waals surface area contributed by atoms with Crippen LogP contribution < -0.4 is 4.90 Å². The van der Waals surface area contributed by atoms with Crippen molar-refractivity contribution in [2.75, 3.05) is 29.7 Å². The summed E-state index contributed by atoms with van der Waals surface area (Å²) in [5.41, 5.74) is 2.14. The number of hydrogen-bond acceptors (Lipinski definition) is 8. The lowest BCUT2D eigenvalue weighted by Crippen LogP contribution is -2.50. The fourth-order valence-corrected chi connectivity index (χ4v) is 27.2. The van der Waals surface area contributed by atoms with Gasteiger partial charge in [-0.15, -0.1) is 23.2 Å². The second kappa shape index (κ2) is 17.0. The van der Waals surface area contributed by atoms with Crippen LogP contribution >= 0.6 is 38.4 Å². The zero-order valence-corrected chi connectivity index (χ0v) is 39.5. The fraction of sp³-hybridized carbons (Fsp3) is 0.793. The lowest BCUT2D eigenvalue weighted by atomic mass is 10.1. The summed E-state index contributed by atoms with van der Waals surface area (Å²) < 4.78 is 65.4. The molecule has 17 heteroatoms. The van der Waals surface area contributed by atoms with E-state index in [1.165, 1.54) is 0 Å². The number of rotatable bonds is 21. The average Bonchev–Trinajstić information content (AvgIpc) is 2.78. The monoisotopic (exact) mass is 809 g/mol. The maximum Gasteiger partial charge on any atom is 0.354 e. The average molecular weight is 811 g/mol. The highest BCUT2D eigenvalue weighted by Gasteiger charge is 2.70. The van der Waals surface area contributed by atoms with E-state index in [1.807, 2.05) is 98.2 Å². The van der Waals surface area contributed by atoms with Gasteiger partial charge in [0.05, 0.1) is 0 Å². The molecule has 0 saturated heterocycles. The van der Waals surface area contributed by atoms with Crippen LogP contribution in [0.3, 0.4) is 0 Å². The van der Waals surface area contributed by atoms with E-state index in [0.29, 0.717) is 37.7 Å². The highest BCUT2D eigenvalue weighted by molar-refractivity contribution is 7.76. The summed E-state index contributed by atoms with van der Waals surface area (Å²) >= 11 is 12.1. The first kappa shape index (κ1) is 45.0. The number of halogens is 2. The third kappa shape index (κ3) is 15.0. The molecule has 0 heterocycles. The van der Waals surface area contributed by atoms with E-state index >= 15 is 9.13 Å². The Hall–Kier alpha value is 0.944. The van der Waals surface area contributed by atoms with Gasteiger partial charge >= 0.3 is 15.2 Å². The number of nitrogens with zero attached hydrogens (tertiary/aromatic N) is 1. The van der Waals surface area contributed by atoms with E-state index in [9.17, 15) is 0 Å². The van der Waals surface area contributed by atoms with Crippen molar-refractivity contribution < 1.29 is 30.4 Å². The lowest BCUT2D eigenvalue weighted by Gasteiger charge is -2.50. The van der Waals surface area contributed by atoms with E-state index in [1.54, 1.807) is 0 Å². The summed E-state index contributed by atoms with van der Waals surface area (Å²) in [4.78, 5) is 2.16. The van der Waals surface area contributed by atoms with Gasteiger partial charge in [-0.25, -0.2) is 0 Å². The molecule has 8 nitrogen and oxygen atoms in total. The van der Waals surface area contributed by atoms with Crippen molar-refractivity contribution in [3.8, 4) is 0 Å². The van der Waals surface area contributed by atoms with Crippen LogP contribution in [0.4, 0.5) is 5.69 Å². The first-order valence-electron chi connectivity index (χ1n) is 16.2. The Morgan fingerprint density at radius 2 is 0.957 bits per heavy atom. The summed E-state index contributed by atoms with van der Waals surface area (Å²) in [6.45, 7) is 31.0. The van der Waals surface area contributed by atoms with E-state index in [2.05, 4.69) is 29.2 Å². The standard InChI is InChI=1S/C29H63Cl2NO7P2Si5/c1-42(2,3)35-29(40(33,36-43(4,5)6)37-44(7,8)9,41(34,38-45(10,11)12)39-46(13,14)15)22-16-17-27-18-20-28(21-19-27)32(25-23-30)26-24-31/h18-21H,16-17,22-26H2,1-15H3. The molecule has 0 saturated carbocycles. The smallest absolute Gasteiger partial charge is 0.354 e. The maximum absolute atomic E-state index is 15.8. The second-order valence-electron chi connectivity index (χ2n) is 16.7. The van der Waals surface area contributed by atoms with Crippen LogP contribution in [0.1, 0.15) is 18.4 Å². The van der Waals surface area contributed by atoms with E-state index in [0.717, 1.165) is 11.3 Å². The van der Waals surface area contributed by atoms with Gasteiger partial charge in [-0.2, -0.15) is 0 Å². The van der Waals surface area contributed by atoms with Crippen molar-refractivity contribution in [3.05, 3.63) is 29.8 Å². The SMILES string of the molecule is C[Si](C)(C)OC(CCCc1ccc(N(CCCl)CCCl)cc1)(P(=O)(O[Si](C)(C)C)O[Si](C)(C)C)P(=O)(O[Si](C)(C)C)O[Si](C)(C)C. The lowest BCUT2D eigenvalue weighted by molar-refractivity contribution is 0.142. The molecular formula is C29H63Cl2NO7P2Si5. The third-order valence-electron chi connectivity index (χ3n) is 5.88. The van der Waals surface area contributed by atoms with Gasteiger partial charge in [0.15, 0.2) is 41.6 Å². The molecule has 270 valence electrons. The molecule has 0 aliphatic rings. The van der Waals surface area contributed by atoms with Gasteiger partial charge in [0.1, 0.15) is 0 Å². The number of anilines is 1. The molecule has 1 rings (SSSR count). The number of aryl methyl sites for hydroxylation is 1. The Balaban J connectivity index is 3.97. The molecular weight excluding hydrogens is 748 g/mol. The first-order valence-corrected chi connectivity index (χ1v) is 37.4. The molecule has 1 aromatic carbocycles. The Morgan fingerprint density at radius 3 is 1.24 bits per heavy atom. The first-order chi connectivity index (χ1) is 20.5. The normalized spacial score (nSPS) is 14.5. The van der Waals surface area contributed by atoms with Gasteiger partial charge in [0.2, 0.25) is 0 Å². The third-order valence-corrected chi connectivity index (χ3v) is 23.9. The molecule has 1 aromatic rings. The summed E-state index contributed by atoms with van der Waals surface area (Å²) in [5, 5.41) is -1.93. The number of alkyl halides is 2. The van der Waals surface area contributed by atoms with Crippen LogP contribution in [-0.4, -0.2) is 71.5 Å². The highest BCUT2D eigenvalue weighted by Crippen LogP contribution is 2.82. The van der Waals surface area contributed by atoms with Gasteiger partial charge < -0.3 is 26.2 Å². The van der Waals surface area contributed by atoms with E-state index in [4.69, 9.17) is 44.5 Å². The zero-order chi connectivity index (χ0) is 36.0. The van der Waals surface area contributed by atoms with Crippen molar-refractivity contribution in [2.24, 2.45) is 0 Å². The van der Waals surface area contributed by atoms with Gasteiger partial charge in [-0.1, -0.05) is 12.1 Å². The molecule has 46 heavy (non-hydrogen) atoms. The maximum atomic E-state index is 15.8. The van der Waals surface area contributed by atoms with Crippen LogP contribution in [0.15, 0.2) is 24.3 Å². The van der Waals surface area contributed by atoms with Crippen LogP contribution in [0, 0.1) is 0 Å². The molecule has 0 spiro atoms. The van der Waals surface area contributed by atoms with Crippen molar-refractivity contribution in [1.82, 2.24) is 0 Å². The van der Waals surface area contributed by atoms with Crippen molar-refractivity contribution >= 4 is 85.7 Å². The zero-order valence-electron chi connectivity index (χ0n) is 31.2. The highest BCUT2D eigenvalue weighted by atomic mass is 35.5. The Morgan fingerprint density at radius 1 is 0.609 bits per heavy atom. The van der Waals surface area contributed by atoms with Crippen molar-refractivity contribution in [2.45, 2.75) is 123 Å². The fourth-order valence-electron chi connectivity index (χ4n) is 4.81. The summed E-state index contributed by atoms with van der Waals surface area (Å²) in [6.07, 6.45) is 1.25. The Kier molecular flexibility index (Phi) is 16.6. The summed E-state index contributed by atoms with van der Waals surface area (Å²) in [6, 6.07) is 8.31. The number of hydrogen-bond donors (Lipinski definition) is 0. The minimum atomic E-state index is -4.32. The van der Waals surface area contributed by atoms with Gasteiger partial charge in [-0.3, -0.25) is 9.13 Å². The van der Waals surface area contributed by atoms with Gasteiger partial charge in [-0.05, 0) is 135 Å². The predicted molar refractivity (Wildman–Crippen MR) is 213 cm³/mol. The molecule has 0 aliphatic heterocycles. The topological polar surface area (TPSA) is 83.5 Å². The molecule has 0 aromatic heterocycles. The molecule has 0 N–H and O–H groups in total. The molecule has 0 unspecified atom stereocenters. The quantitative estimate of drug-likeness (QED) is 0.0690. The van der Waals surface area contributed by atoms with Crippen LogP contribution in [0.5, 0.6) is 0 Å².